The number of carboxylic acid groups (broad SMARTS) is 1. The second kappa shape index (κ2) is 10.7. The maximum absolute atomic E-state index is 14.1. The number of rotatable bonds is 6. The monoisotopic (exact) mass is 528 g/mol. The number of pyridine rings is 1. The van der Waals surface area contributed by atoms with Crippen LogP contribution in [0.3, 0.4) is 0 Å². The lowest BCUT2D eigenvalue weighted by Gasteiger charge is -2.41. The van der Waals surface area contributed by atoms with Gasteiger partial charge in [0, 0.05) is 45.1 Å². The maximum atomic E-state index is 14.1. The highest BCUT2D eigenvalue weighted by Crippen LogP contribution is 2.47. The minimum absolute atomic E-state index is 0.00871. The Morgan fingerprint density at radius 2 is 2.08 bits per heavy atom. The Morgan fingerprint density at radius 3 is 2.73 bits per heavy atom. The number of fused-ring (bicyclic) bond motifs is 1. The van der Waals surface area contributed by atoms with Crippen LogP contribution in [0.5, 0.6) is 0 Å². The largest absolute Gasteiger partial charge is 0.465 e. The molecule has 1 aromatic rings. The van der Waals surface area contributed by atoms with Gasteiger partial charge >= 0.3 is 12.3 Å². The van der Waals surface area contributed by atoms with Crippen LogP contribution in [0, 0.1) is 11.3 Å². The van der Waals surface area contributed by atoms with Crippen LogP contribution >= 0.6 is 0 Å². The van der Waals surface area contributed by atoms with Crippen molar-refractivity contribution in [2.75, 3.05) is 26.9 Å². The van der Waals surface area contributed by atoms with Crippen LogP contribution in [0.15, 0.2) is 12.3 Å². The van der Waals surface area contributed by atoms with E-state index in [9.17, 15) is 27.9 Å². The lowest BCUT2D eigenvalue weighted by molar-refractivity contribution is -0.146. The van der Waals surface area contributed by atoms with E-state index in [2.05, 4.69) is 15.6 Å². The highest BCUT2D eigenvalue weighted by atomic mass is 19.4. The van der Waals surface area contributed by atoms with E-state index in [1.807, 2.05) is 13.8 Å². The molecule has 1 aromatic heterocycles. The second-order valence-corrected chi connectivity index (χ2v) is 10.6. The summed E-state index contributed by atoms with van der Waals surface area (Å²) < 4.78 is 51.2. The SMILES string of the molecule is CO[C@@H]1COCC[C@@H]1N[C@@H]1CC[C@@](C(=O)N2Cc3cc(C(F)(F)F)cnc3[C@H](NC(=O)O)C2)(C(C)C)C1. The third-order valence-corrected chi connectivity index (χ3v) is 8.15. The molecular formula is C25H35F3N4O5. The molecule has 3 N–H and O–H groups in total. The van der Waals surface area contributed by atoms with Crippen LogP contribution in [-0.2, 0) is 27.0 Å². The molecule has 0 spiro atoms. The van der Waals surface area contributed by atoms with E-state index in [1.54, 1.807) is 7.11 Å². The Kier molecular flexibility index (Phi) is 8.01. The zero-order valence-corrected chi connectivity index (χ0v) is 21.3. The fraction of sp³-hybridized carbons (Fsp3) is 0.720. The molecule has 1 saturated heterocycles. The van der Waals surface area contributed by atoms with Gasteiger partial charge in [-0.2, -0.15) is 13.2 Å². The van der Waals surface area contributed by atoms with Crippen molar-refractivity contribution in [3.8, 4) is 0 Å². The second-order valence-electron chi connectivity index (χ2n) is 10.6. The van der Waals surface area contributed by atoms with Gasteiger partial charge < -0.3 is 30.1 Å². The molecule has 2 amide bonds. The molecule has 0 unspecified atom stereocenters. The summed E-state index contributed by atoms with van der Waals surface area (Å²) in [6.07, 6.45) is -2.51. The molecule has 2 fully saturated rings. The summed E-state index contributed by atoms with van der Waals surface area (Å²) in [5, 5.41) is 15.3. The molecule has 0 radical (unpaired) electrons. The summed E-state index contributed by atoms with van der Waals surface area (Å²) in [5.41, 5.74) is -1.23. The van der Waals surface area contributed by atoms with Crippen molar-refractivity contribution >= 4 is 12.0 Å². The predicted octanol–water partition coefficient (Wildman–Crippen LogP) is 3.34. The normalized spacial score (nSPS) is 30.3. The van der Waals surface area contributed by atoms with Gasteiger partial charge in [-0.05, 0) is 43.2 Å². The number of carbonyl (C=O) groups excluding carboxylic acids is 1. The Bertz CT molecular complexity index is 1010. The molecule has 0 aromatic carbocycles. The van der Waals surface area contributed by atoms with Crippen molar-refractivity contribution in [2.24, 2.45) is 11.3 Å². The molecule has 4 rings (SSSR count). The summed E-state index contributed by atoms with van der Waals surface area (Å²) in [5.74, 6) is -0.186. The number of amides is 2. The highest BCUT2D eigenvalue weighted by Gasteiger charge is 2.51. The van der Waals surface area contributed by atoms with Gasteiger partial charge in [-0.25, -0.2) is 4.79 Å². The lowest BCUT2D eigenvalue weighted by atomic mass is 9.73. The van der Waals surface area contributed by atoms with Crippen LogP contribution in [-0.4, -0.2) is 72.0 Å². The number of hydrogen-bond acceptors (Lipinski definition) is 6. The smallest absolute Gasteiger partial charge is 0.417 e. The fourth-order valence-electron chi connectivity index (χ4n) is 6.05. The number of aromatic nitrogens is 1. The average Bonchev–Trinajstić information content (AvgIpc) is 3.27. The van der Waals surface area contributed by atoms with E-state index < -0.39 is 29.3 Å². The van der Waals surface area contributed by atoms with Gasteiger partial charge in [0.15, 0.2) is 0 Å². The number of carbonyl (C=O) groups is 2. The minimum Gasteiger partial charge on any atom is -0.465 e. The summed E-state index contributed by atoms with van der Waals surface area (Å²) in [7, 11) is 1.65. The third-order valence-electron chi connectivity index (χ3n) is 8.15. The highest BCUT2D eigenvalue weighted by molar-refractivity contribution is 5.84. The van der Waals surface area contributed by atoms with Crippen LogP contribution in [0.1, 0.15) is 62.4 Å². The Hall–Kier alpha value is -2.44. The van der Waals surface area contributed by atoms with Gasteiger partial charge in [0.25, 0.3) is 0 Å². The van der Waals surface area contributed by atoms with Crippen molar-refractivity contribution in [1.82, 2.24) is 20.5 Å². The van der Waals surface area contributed by atoms with Crippen LogP contribution in [0.4, 0.5) is 18.0 Å². The number of halogens is 3. The van der Waals surface area contributed by atoms with Crippen molar-refractivity contribution in [1.29, 1.82) is 0 Å². The first-order valence-electron chi connectivity index (χ1n) is 12.7. The zero-order chi connectivity index (χ0) is 27.0. The third kappa shape index (κ3) is 5.70. The molecule has 2 aliphatic heterocycles. The van der Waals surface area contributed by atoms with Crippen molar-refractivity contribution in [3.05, 3.63) is 29.1 Å². The van der Waals surface area contributed by atoms with Crippen LogP contribution in [0.25, 0.3) is 0 Å². The standard InChI is InChI=1S/C25H35F3N4O5/c1-14(2)24(6-4-17(9-24)30-18-5-7-37-13-20(18)36-3)22(33)32-11-15-8-16(25(26,27)28)10-29-21(15)19(12-32)31-23(34)35/h8,10,14,17-20,30-31H,4-7,9,11-13H2,1-3H3,(H,34,35)/t17-,18+,19-,20-,24+/m1/s1. The number of ether oxygens (including phenoxy) is 2. The van der Waals surface area contributed by atoms with E-state index in [1.165, 1.54) is 4.90 Å². The molecule has 3 heterocycles. The molecule has 206 valence electrons. The lowest BCUT2D eigenvalue weighted by Crippen LogP contribution is -2.53. The zero-order valence-electron chi connectivity index (χ0n) is 21.3. The van der Waals surface area contributed by atoms with Crippen molar-refractivity contribution in [3.63, 3.8) is 0 Å². The van der Waals surface area contributed by atoms with Crippen LogP contribution in [0.2, 0.25) is 0 Å². The Balaban J connectivity index is 1.57. The Labute approximate surface area is 214 Å². The molecule has 3 aliphatic rings. The molecular weight excluding hydrogens is 493 g/mol. The predicted molar refractivity (Wildman–Crippen MR) is 127 cm³/mol. The molecule has 37 heavy (non-hydrogen) atoms. The first-order valence-corrected chi connectivity index (χ1v) is 12.7. The quantitative estimate of drug-likeness (QED) is 0.519. The van der Waals surface area contributed by atoms with E-state index in [0.29, 0.717) is 32.3 Å². The summed E-state index contributed by atoms with van der Waals surface area (Å²) >= 11 is 0. The maximum Gasteiger partial charge on any atom is 0.417 e. The summed E-state index contributed by atoms with van der Waals surface area (Å²) in [4.78, 5) is 31.0. The number of nitrogens with zero attached hydrogens (tertiary/aromatic N) is 2. The Morgan fingerprint density at radius 1 is 1.32 bits per heavy atom. The van der Waals surface area contributed by atoms with Gasteiger partial charge in [0.05, 0.1) is 35.4 Å². The molecule has 1 saturated carbocycles. The summed E-state index contributed by atoms with van der Waals surface area (Å²) in [6.45, 7) is 5.07. The number of alkyl halides is 3. The van der Waals surface area contributed by atoms with E-state index >= 15 is 0 Å². The number of nitrogens with one attached hydrogen (secondary N) is 2. The summed E-state index contributed by atoms with van der Waals surface area (Å²) in [6, 6.07) is 0.238. The van der Waals surface area contributed by atoms with Crippen molar-refractivity contribution in [2.45, 2.75) is 76.5 Å². The first kappa shape index (κ1) is 27.6. The molecule has 12 heteroatoms. The molecule has 5 atom stereocenters. The minimum atomic E-state index is -4.60. The molecule has 1 aliphatic carbocycles. The van der Waals surface area contributed by atoms with E-state index in [4.69, 9.17) is 9.47 Å². The molecule has 9 nitrogen and oxygen atoms in total. The number of methoxy groups -OCH3 is 1. The van der Waals surface area contributed by atoms with Crippen molar-refractivity contribution < 1.29 is 37.3 Å². The van der Waals surface area contributed by atoms with Gasteiger partial charge in [-0.15, -0.1) is 0 Å². The van der Waals surface area contributed by atoms with E-state index in [0.717, 1.165) is 18.9 Å². The van der Waals surface area contributed by atoms with Crippen LogP contribution < -0.4 is 10.6 Å². The van der Waals surface area contributed by atoms with Gasteiger partial charge in [0.2, 0.25) is 5.91 Å². The topological polar surface area (TPSA) is 113 Å². The van der Waals surface area contributed by atoms with Gasteiger partial charge in [-0.3, -0.25) is 9.78 Å². The van der Waals surface area contributed by atoms with Gasteiger partial charge in [0.1, 0.15) is 0 Å². The van der Waals surface area contributed by atoms with Gasteiger partial charge in [-0.1, -0.05) is 13.8 Å². The first-order chi connectivity index (χ1) is 17.4. The number of hydrogen-bond donors (Lipinski definition) is 3. The molecule has 0 bridgehead atoms. The fourth-order valence-corrected chi connectivity index (χ4v) is 6.05. The average molecular weight is 529 g/mol. The van der Waals surface area contributed by atoms with E-state index in [-0.39, 0.29) is 54.4 Å².